The molecule has 0 saturated carbocycles. The summed E-state index contributed by atoms with van der Waals surface area (Å²) in [6, 6.07) is 15.0. The first-order chi connectivity index (χ1) is 15.5. The number of allylic oxidation sites excluding steroid dienone is 3. The first-order valence-corrected chi connectivity index (χ1v) is 11.4. The van der Waals surface area contributed by atoms with Gasteiger partial charge in [-0.15, -0.1) is 0 Å². The number of fused-ring (bicyclic) bond motifs is 1. The van der Waals surface area contributed by atoms with Gasteiger partial charge in [-0.3, -0.25) is 0 Å². The van der Waals surface area contributed by atoms with Gasteiger partial charge in [0.25, 0.3) is 0 Å². The molecule has 32 heavy (non-hydrogen) atoms. The summed E-state index contributed by atoms with van der Waals surface area (Å²) < 4.78 is 0. The van der Waals surface area contributed by atoms with Crippen LogP contribution in [-0.4, -0.2) is 16.5 Å². The second-order valence-electron chi connectivity index (χ2n) is 8.49. The van der Waals surface area contributed by atoms with Crippen molar-refractivity contribution < 1.29 is 0 Å². The number of benzene rings is 2. The summed E-state index contributed by atoms with van der Waals surface area (Å²) >= 11 is 0. The average Bonchev–Trinajstić information content (AvgIpc) is 2.78. The van der Waals surface area contributed by atoms with Crippen molar-refractivity contribution in [3.63, 3.8) is 0 Å². The number of nitrogens with one attached hydrogen (secondary N) is 2. The minimum absolute atomic E-state index is 0.511. The molecule has 0 aliphatic carbocycles. The van der Waals surface area contributed by atoms with Gasteiger partial charge in [0.15, 0.2) is 0 Å². The van der Waals surface area contributed by atoms with Crippen molar-refractivity contribution in [1.29, 1.82) is 0 Å². The summed E-state index contributed by atoms with van der Waals surface area (Å²) in [4.78, 5) is 9.69. The van der Waals surface area contributed by atoms with E-state index in [0.29, 0.717) is 12.5 Å². The van der Waals surface area contributed by atoms with Crippen molar-refractivity contribution in [3.05, 3.63) is 83.3 Å². The molecule has 168 valence electrons. The molecule has 0 saturated heterocycles. The maximum atomic E-state index is 5.46. The highest BCUT2D eigenvalue weighted by Gasteiger charge is 2.10. The van der Waals surface area contributed by atoms with Crippen LogP contribution in [0.3, 0.4) is 0 Å². The lowest BCUT2D eigenvalue weighted by molar-refractivity contribution is 0.653. The Morgan fingerprint density at radius 1 is 1.09 bits per heavy atom. The highest BCUT2D eigenvalue weighted by atomic mass is 15.1. The minimum Gasteiger partial charge on any atom is -0.405 e. The summed E-state index contributed by atoms with van der Waals surface area (Å²) in [5, 5.41) is 7.95. The van der Waals surface area contributed by atoms with Crippen LogP contribution in [0.1, 0.15) is 57.0 Å². The molecule has 1 aromatic heterocycles. The van der Waals surface area contributed by atoms with Crippen molar-refractivity contribution in [2.45, 2.75) is 53.0 Å². The van der Waals surface area contributed by atoms with Crippen molar-refractivity contribution in [3.8, 4) is 0 Å². The molecule has 0 spiro atoms. The summed E-state index contributed by atoms with van der Waals surface area (Å²) in [6.07, 6.45) is 7.39. The average molecular weight is 430 g/mol. The third kappa shape index (κ3) is 6.41. The van der Waals surface area contributed by atoms with Crippen molar-refractivity contribution in [2.75, 3.05) is 11.9 Å². The Hall–Kier alpha value is -3.18. The number of anilines is 2. The van der Waals surface area contributed by atoms with Crippen LogP contribution >= 0.6 is 0 Å². The molecule has 5 heteroatoms. The molecule has 0 aliphatic heterocycles. The molecule has 0 atom stereocenters. The number of hydrogen-bond donors (Lipinski definition) is 3. The van der Waals surface area contributed by atoms with Gasteiger partial charge in [-0.1, -0.05) is 50.6 Å². The number of aromatic nitrogens is 2. The molecule has 5 nitrogen and oxygen atoms in total. The van der Waals surface area contributed by atoms with Gasteiger partial charge in [0.1, 0.15) is 11.6 Å². The van der Waals surface area contributed by atoms with Gasteiger partial charge >= 0.3 is 0 Å². The lowest BCUT2D eigenvalue weighted by Gasteiger charge is -2.13. The van der Waals surface area contributed by atoms with Gasteiger partial charge in [0.2, 0.25) is 0 Å². The number of nitrogens with zero attached hydrogens (tertiary/aromatic N) is 2. The SMILES string of the molecule is CCCNCc1nc(Nc2ccc(C(C)C)cc2)c2ccc(C/C(C)=C\C=C/N)cc2n1. The molecule has 2 aromatic carbocycles. The van der Waals surface area contributed by atoms with Crippen molar-refractivity contribution in [1.82, 2.24) is 15.3 Å². The summed E-state index contributed by atoms with van der Waals surface area (Å²) in [6.45, 7) is 10.3. The van der Waals surface area contributed by atoms with Crippen LogP contribution in [0, 0.1) is 0 Å². The minimum atomic E-state index is 0.511. The highest BCUT2D eigenvalue weighted by Crippen LogP contribution is 2.27. The molecule has 0 radical (unpaired) electrons. The van der Waals surface area contributed by atoms with E-state index in [1.807, 2.05) is 12.2 Å². The summed E-state index contributed by atoms with van der Waals surface area (Å²) in [5.74, 6) is 2.14. The van der Waals surface area contributed by atoms with Gasteiger partial charge < -0.3 is 16.4 Å². The Labute approximate surface area is 191 Å². The first-order valence-electron chi connectivity index (χ1n) is 11.4. The Kier molecular flexibility index (Phi) is 8.40. The van der Waals surface area contributed by atoms with Crippen LogP contribution in [0.2, 0.25) is 0 Å². The van der Waals surface area contributed by atoms with Crippen molar-refractivity contribution >= 4 is 22.4 Å². The molecular weight excluding hydrogens is 394 g/mol. The molecule has 0 amide bonds. The van der Waals surface area contributed by atoms with Gasteiger partial charge in [-0.25, -0.2) is 9.97 Å². The Bertz CT molecular complexity index is 1080. The van der Waals surface area contributed by atoms with Crippen LogP contribution in [0.25, 0.3) is 10.9 Å². The zero-order valence-corrected chi connectivity index (χ0v) is 19.7. The predicted octanol–water partition coefficient (Wildman–Crippen LogP) is 5.96. The number of rotatable bonds is 10. The summed E-state index contributed by atoms with van der Waals surface area (Å²) in [5.41, 5.74) is 11.2. The normalized spacial score (nSPS) is 12.2. The van der Waals surface area contributed by atoms with E-state index in [-0.39, 0.29) is 0 Å². The van der Waals surface area contributed by atoms with Crippen LogP contribution in [0.4, 0.5) is 11.5 Å². The molecule has 0 fully saturated rings. The summed E-state index contributed by atoms with van der Waals surface area (Å²) in [7, 11) is 0. The standard InChI is InChI=1S/C27H35N5/c1-5-15-29-18-26-31-25-17-21(16-20(4)7-6-14-28)8-13-24(25)27(32-26)30-23-11-9-22(10-12-23)19(2)3/h6-14,17,19,29H,5,15-16,18,28H2,1-4H3,(H,30,31,32)/b14-6-,20-7-. The topological polar surface area (TPSA) is 75.9 Å². The number of nitrogens with two attached hydrogens (primary N) is 1. The fourth-order valence-corrected chi connectivity index (χ4v) is 3.57. The Morgan fingerprint density at radius 3 is 2.56 bits per heavy atom. The number of hydrogen-bond acceptors (Lipinski definition) is 5. The smallest absolute Gasteiger partial charge is 0.145 e. The van der Waals surface area contributed by atoms with Crippen LogP contribution in [0.5, 0.6) is 0 Å². The third-order valence-electron chi connectivity index (χ3n) is 5.33. The fraction of sp³-hybridized carbons (Fsp3) is 0.333. The first kappa shape index (κ1) is 23.5. The third-order valence-corrected chi connectivity index (χ3v) is 5.33. The quantitative estimate of drug-likeness (QED) is 0.274. The molecular formula is C27H35N5. The van der Waals surface area contributed by atoms with E-state index in [1.54, 1.807) is 6.20 Å². The van der Waals surface area contributed by atoms with Crippen molar-refractivity contribution in [2.24, 2.45) is 5.73 Å². The van der Waals surface area contributed by atoms with E-state index in [1.165, 1.54) is 16.7 Å². The van der Waals surface area contributed by atoms with Crippen LogP contribution < -0.4 is 16.4 Å². The monoisotopic (exact) mass is 429 g/mol. The maximum Gasteiger partial charge on any atom is 0.145 e. The zero-order chi connectivity index (χ0) is 22.9. The second-order valence-corrected chi connectivity index (χ2v) is 8.49. The van der Waals surface area contributed by atoms with E-state index in [9.17, 15) is 0 Å². The van der Waals surface area contributed by atoms with Crippen LogP contribution in [0.15, 0.2) is 66.4 Å². The largest absolute Gasteiger partial charge is 0.405 e. The lowest BCUT2D eigenvalue weighted by atomic mass is 10.0. The second kappa shape index (κ2) is 11.4. The Balaban J connectivity index is 1.95. The molecule has 3 aromatic rings. The zero-order valence-electron chi connectivity index (χ0n) is 19.7. The maximum absolute atomic E-state index is 5.46. The predicted molar refractivity (Wildman–Crippen MR) is 136 cm³/mol. The van der Waals surface area contributed by atoms with E-state index in [4.69, 9.17) is 15.7 Å². The van der Waals surface area contributed by atoms with Gasteiger partial charge in [0.05, 0.1) is 12.1 Å². The van der Waals surface area contributed by atoms with Gasteiger partial charge in [0, 0.05) is 11.1 Å². The van der Waals surface area contributed by atoms with E-state index in [0.717, 1.165) is 47.6 Å². The lowest BCUT2D eigenvalue weighted by Crippen LogP contribution is -2.16. The van der Waals surface area contributed by atoms with E-state index < -0.39 is 0 Å². The van der Waals surface area contributed by atoms with E-state index in [2.05, 4.69) is 80.8 Å². The molecule has 1 heterocycles. The molecule has 4 N–H and O–H groups in total. The van der Waals surface area contributed by atoms with Crippen LogP contribution in [-0.2, 0) is 13.0 Å². The molecule has 3 rings (SSSR count). The molecule has 0 bridgehead atoms. The Morgan fingerprint density at radius 2 is 1.88 bits per heavy atom. The molecule has 0 aliphatic rings. The van der Waals surface area contributed by atoms with Gasteiger partial charge in [-0.2, -0.15) is 0 Å². The fourth-order valence-electron chi connectivity index (χ4n) is 3.57. The van der Waals surface area contributed by atoms with E-state index >= 15 is 0 Å². The highest BCUT2D eigenvalue weighted by molar-refractivity contribution is 5.91. The molecule has 0 unspecified atom stereocenters. The van der Waals surface area contributed by atoms with Gasteiger partial charge in [-0.05, 0) is 79.9 Å².